The number of halogens is 1. The maximum absolute atomic E-state index is 13.4. The predicted molar refractivity (Wildman–Crippen MR) is 118 cm³/mol. The van der Waals surface area contributed by atoms with Gasteiger partial charge < -0.3 is 10.3 Å². The van der Waals surface area contributed by atoms with Crippen molar-refractivity contribution in [1.82, 2.24) is 9.97 Å². The number of nitrogens with one attached hydrogen (secondary N) is 2. The summed E-state index contributed by atoms with van der Waals surface area (Å²) in [5.41, 5.74) is 5.64. The Morgan fingerprint density at radius 2 is 1.96 bits per heavy atom. The third-order valence-corrected chi connectivity index (χ3v) is 4.96. The molecule has 0 aliphatic heterocycles. The molecule has 1 aliphatic carbocycles. The Morgan fingerprint density at radius 3 is 2.39 bits per heavy atom. The first-order valence-corrected chi connectivity index (χ1v) is 9.71. The molecule has 1 aromatic heterocycles. The van der Waals surface area contributed by atoms with Crippen LogP contribution in [0.15, 0.2) is 30.5 Å². The van der Waals surface area contributed by atoms with E-state index >= 15 is 0 Å². The number of rotatable bonds is 5. The molecular weight excluding hydrogens is 349 g/mol. The average molecular weight is 384 g/mol. The smallest absolute Gasteiger partial charge is 0.204 e. The number of allylic oxidation sites excluding steroid dienone is 1. The Balaban J connectivity index is 0.000000268. The number of hydrogen-bond donors (Lipinski definition) is 2. The Hall–Kier alpha value is -2.54. The first kappa shape index (κ1) is 23.5. The minimum atomic E-state index is -0.0425. The zero-order valence-electron chi connectivity index (χ0n) is 18.1. The van der Waals surface area contributed by atoms with Crippen molar-refractivity contribution in [2.24, 2.45) is 5.41 Å². The molecule has 0 spiro atoms. The number of aromatic amines is 1. The minimum absolute atomic E-state index is 0.0425. The van der Waals surface area contributed by atoms with Gasteiger partial charge in [0.25, 0.3) is 0 Å². The van der Waals surface area contributed by atoms with E-state index in [1.807, 2.05) is 26.8 Å². The number of H-pyrrole nitrogens is 1. The number of anilines is 1. The fourth-order valence-corrected chi connectivity index (χ4v) is 3.12. The zero-order valence-corrected chi connectivity index (χ0v) is 18.1. The fraction of sp³-hybridized carbons (Fsp3) is 0.458. The van der Waals surface area contributed by atoms with Crippen molar-refractivity contribution in [3.63, 3.8) is 0 Å². The van der Waals surface area contributed by atoms with E-state index in [2.05, 4.69) is 61.5 Å². The second-order valence-corrected chi connectivity index (χ2v) is 8.05. The molecule has 1 aromatic carbocycles. The molecule has 3 rings (SSSR count). The number of benzene rings is 1. The molecule has 0 amide bonds. The summed E-state index contributed by atoms with van der Waals surface area (Å²) < 4.78 is 13.4. The molecule has 1 fully saturated rings. The summed E-state index contributed by atoms with van der Waals surface area (Å²) in [7, 11) is 0. The standard InChI is InChI=1S/C14H19F.C8H13N3.C2H2/c1-4-5-11-8-10(6-7-13(11)15)12-9-14(12,2)3;1-5(2)9-8-10-6(3)7(4)11-8;1-2/h6-8,12H,4-5,9H2,1-3H3;1H2,2-4H3,(H2,9,10,11);1-2H/t12-;;/m0../s1. The van der Waals surface area contributed by atoms with Crippen LogP contribution in [0.4, 0.5) is 10.3 Å². The van der Waals surface area contributed by atoms with Crippen LogP contribution >= 0.6 is 0 Å². The van der Waals surface area contributed by atoms with Crippen molar-refractivity contribution >= 4 is 5.95 Å². The summed E-state index contributed by atoms with van der Waals surface area (Å²) in [6.45, 7) is 16.2. The van der Waals surface area contributed by atoms with Gasteiger partial charge in [0.2, 0.25) is 5.95 Å². The maximum Gasteiger partial charge on any atom is 0.204 e. The molecule has 1 heterocycles. The lowest BCUT2D eigenvalue weighted by atomic mass is 9.99. The van der Waals surface area contributed by atoms with Gasteiger partial charge in [0.15, 0.2) is 0 Å². The molecule has 4 heteroatoms. The van der Waals surface area contributed by atoms with Crippen LogP contribution in [0.5, 0.6) is 0 Å². The van der Waals surface area contributed by atoms with E-state index in [-0.39, 0.29) is 5.82 Å². The van der Waals surface area contributed by atoms with E-state index in [4.69, 9.17) is 0 Å². The largest absolute Gasteiger partial charge is 0.330 e. The van der Waals surface area contributed by atoms with Crippen LogP contribution in [0.25, 0.3) is 0 Å². The van der Waals surface area contributed by atoms with Gasteiger partial charge in [-0.2, -0.15) is 0 Å². The van der Waals surface area contributed by atoms with E-state index in [0.29, 0.717) is 11.3 Å². The third-order valence-electron chi connectivity index (χ3n) is 4.96. The van der Waals surface area contributed by atoms with Crippen molar-refractivity contribution in [2.45, 2.75) is 66.7 Å². The van der Waals surface area contributed by atoms with Gasteiger partial charge in [-0.25, -0.2) is 9.37 Å². The normalized spacial score (nSPS) is 16.1. The molecule has 0 radical (unpaired) electrons. The molecular formula is C24H34FN3. The van der Waals surface area contributed by atoms with Crippen molar-refractivity contribution in [2.75, 3.05) is 5.32 Å². The highest BCUT2D eigenvalue weighted by molar-refractivity contribution is 5.35. The van der Waals surface area contributed by atoms with Crippen LogP contribution in [0.3, 0.4) is 0 Å². The Bertz CT molecular complexity index is 795. The van der Waals surface area contributed by atoms with Crippen molar-refractivity contribution in [3.8, 4) is 12.8 Å². The van der Waals surface area contributed by atoms with Gasteiger partial charge in [0, 0.05) is 11.4 Å². The number of aromatic nitrogens is 2. The first-order valence-electron chi connectivity index (χ1n) is 9.71. The highest BCUT2D eigenvalue weighted by atomic mass is 19.1. The molecule has 0 saturated heterocycles. The Labute approximate surface area is 169 Å². The molecule has 28 heavy (non-hydrogen) atoms. The number of imidazole rings is 1. The maximum atomic E-state index is 13.4. The lowest BCUT2D eigenvalue weighted by molar-refractivity contribution is 0.600. The van der Waals surface area contributed by atoms with Gasteiger partial charge in [-0.1, -0.05) is 45.9 Å². The second kappa shape index (κ2) is 10.1. The van der Waals surface area contributed by atoms with Crippen molar-refractivity contribution in [3.05, 3.63) is 58.8 Å². The Morgan fingerprint density at radius 1 is 1.36 bits per heavy atom. The van der Waals surface area contributed by atoms with Crippen LogP contribution < -0.4 is 5.32 Å². The molecule has 2 aromatic rings. The number of nitrogens with zero attached hydrogens (tertiary/aromatic N) is 1. The molecule has 152 valence electrons. The molecule has 1 aliphatic rings. The van der Waals surface area contributed by atoms with Gasteiger partial charge >= 0.3 is 0 Å². The molecule has 0 bridgehead atoms. The highest BCUT2D eigenvalue weighted by Gasteiger charge is 2.46. The summed E-state index contributed by atoms with van der Waals surface area (Å²) in [5, 5.41) is 3.01. The second-order valence-electron chi connectivity index (χ2n) is 8.05. The summed E-state index contributed by atoms with van der Waals surface area (Å²) in [4.78, 5) is 7.32. The van der Waals surface area contributed by atoms with Crippen molar-refractivity contribution < 1.29 is 4.39 Å². The molecule has 1 saturated carbocycles. The third kappa shape index (κ3) is 6.56. The van der Waals surface area contributed by atoms with E-state index in [1.54, 1.807) is 6.07 Å². The van der Waals surface area contributed by atoms with Gasteiger partial charge in [-0.3, -0.25) is 0 Å². The summed E-state index contributed by atoms with van der Waals surface area (Å²) >= 11 is 0. The predicted octanol–water partition coefficient (Wildman–Crippen LogP) is 6.51. The fourth-order valence-electron chi connectivity index (χ4n) is 3.12. The lowest BCUT2D eigenvalue weighted by Gasteiger charge is -2.07. The van der Waals surface area contributed by atoms with Gasteiger partial charge in [-0.15, -0.1) is 12.8 Å². The molecule has 3 nitrogen and oxygen atoms in total. The summed E-state index contributed by atoms with van der Waals surface area (Å²) in [6.07, 6.45) is 11.1. The summed E-state index contributed by atoms with van der Waals surface area (Å²) in [5.74, 6) is 1.38. The zero-order chi connectivity index (χ0) is 21.5. The summed E-state index contributed by atoms with van der Waals surface area (Å²) in [6, 6.07) is 5.65. The van der Waals surface area contributed by atoms with Crippen LogP contribution in [0, 0.1) is 37.9 Å². The van der Waals surface area contributed by atoms with Crippen LogP contribution in [0.2, 0.25) is 0 Å². The first-order chi connectivity index (χ1) is 13.1. The Kier molecular flexibility index (Phi) is 8.50. The van der Waals surface area contributed by atoms with Crippen molar-refractivity contribution in [1.29, 1.82) is 0 Å². The van der Waals surface area contributed by atoms with Crippen LogP contribution in [-0.4, -0.2) is 9.97 Å². The SMILES string of the molecule is C#C.C=C(C)Nc1nc(C)c(C)[nH]1.CCCc1cc([C@@H]2CC2(C)C)ccc1F. The van der Waals surface area contributed by atoms with E-state index in [0.717, 1.165) is 41.4 Å². The van der Waals surface area contributed by atoms with Gasteiger partial charge in [0.05, 0.1) is 5.69 Å². The van der Waals surface area contributed by atoms with E-state index in [1.165, 1.54) is 12.0 Å². The van der Waals surface area contributed by atoms with E-state index < -0.39 is 0 Å². The number of hydrogen-bond acceptors (Lipinski definition) is 2. The average Bonchev–Trinajstić information content (AvgIpc) is 3.15. The lowest BCUT2D eigenvalue weighted by Crippen LogP contribution is -1.95. The topological polar surface area (TPSA) is 40.7 Å². The molecule has 2 N–H and O–H groups in total. The van der Waals surface area contributed by atoms with E-state index in [9.17, 15) is 4.39 Å². The van der Waals surface area contributed by atoms with Crippen LogP contribution in [0.1, 0.15) is 69.0 Å². The van der Waals surface area contributed by atoms with Crippen LogP contribution in [-0.2, 0) is 6.42 Å². The van der Waals surface area contributed by atoms with Gasteiger partial charge in [0.1, 0.15) is 5.82 Å². The van der Waals surface area contributed by atoms with Gasteiger partial charge in [-0.05, 0) is 62.1 Å². The number of aryl methyl sites for hydroxylation is 3. The monoisotopic (exact) mass is 383 g/mol. The molecule has 1 atom stereocenters. The minimum Gasteiger partial charge on any atom is -0.330 e. The highest BCUT2D eigenvalue weighted by Crippen LogP contribution is 2.58. The number of terminal acetylenes is 1. The quantitative estimate of drug-likeness (QED) is 0.578. The molecule has 0 unspecified atom stereocenters.